The van der Waals surface area contributed by atoms with Crippen LogP contribution < -0.4 is 5.32 Å². The molecule has 1 aromatic carbocycles. The van der Waals surface area contributed by atoms with Crippen LogP contribution in [-0.2, 0) is 16.0 Å². The minimum Gasteiger partial charge on any atom is -0.387 e. The van der Waals surface area contributed by atoms with E-state index in [1.807, 2.05) is 18.2 Å². The summed E-state index contributed by atoms with van der Waals surface area (Å²) >= 11 is 8.44. The molecule has 3 heterocycles. The van der Waals surface area contributed by atoms with E-state index in [-0.39, 0.29) is 18.0 Å². The average molecular weight is 558 g/mol. The Bertz CT molecular complexity index is 1090. The Morgan fingerprint density at radius 2 is 2.10 bits per heavy atom. The van der Waals surface area contributed by atoms with E-state index >= 15 is 0 Å². The highest BCUT2D eigenvalue weighted by atomic mass is 127. The van der Waals surface area contributed by atoms with Crippen LogP contribution in [0, 0.1) is 3.57 Å². The SMILES string of the molecule is O[C@@H]1[C@H](O)[C@@H](COC2CC2)O[C@H]1n1cnc2c(NCc3cccc(I)c3)nc(Cl)nc21. The van der Waals surface area contributed by atoms with Crippen molar-refractivity contribution in [2.45, 2.75) is 50.0 Å². The van der Waals surface area contributed by atoms with E-state index in [1.54, 1.807) is 4.57 Å². The third-order valence-electron chi connectivity index (χ3n) is 5.38. The van der Waals surface area contributed by atoms with Gasteiger partial charge in [-0.25, -0.2) is 4.98 Å². The summed E-state index contributed by atoms with van der Waals surface area (Å²) in [6.45, 7) is 0.762. The number of ether oxygens (including phenoxy) is 2. The molecule has 11 heteroatoms. The van der Waals surface area contributed by atoms with Crippen LogP contribution in [0.25, 0.3) is 11.2 Å². The predicted octanol–water partition coefficient (Wildman–Crippen LogP) is 2.49. The van der Waals surface area contributed by atoms with Crippen LogP contribution in [0.1, 0.15) is 24.6 Å². The Kier molecular flexibility index (Phi) is 6.01. The molecule has 2 fully saturated rings. The number of aliphatic hydroxyl groups is 2. The fraction of sp³-hybridized carbons (Fsp3) is 0.450. The normalized spacial score (nSPS) is 25.9. The van der Waals surface area contributed by atoms with Crippen LogP contribution >= 0.6 is 34.2 Å². The van der Waals surface area contributed by atoms with Crippen molar-refractivity contribution in [3.05, 3.63) is 45.0 Å². The summed E-state index contributed by atoms with van der Waals surface area (Å²) < 4.78 is 14.3. The summed E-state index contributed by atoms with van der Waals surface area (Å²) in [5.41, 5.74) is 1.99. The molecule has 2 aromatic heterocycles. The summed E-state index contributed by atoms with van der Waals surface area (Å²) in [5, 5.41) is 24.3. The first-order chi connectivity index (χ1) is 15.0. The predicted molar refractivity (Wildman–Crippen MR) is 122 cm³/mol. The maximum Gasteiger partial charge on any atom is 0.226 e. The lowest BCUT2D eigenvalue weighted by molar-refractivity contribution is -0.0682. The number of rotatable bonds is 7. The molecule has 9 nitrogen and oxygen atoms in total. The van der Waals surface area contributed by atoms with Gasteiger partial charge in [0.1, 0.15) is 18.3 Å². The molecular weight excluding hydrogens is 537 g/mol. The van der Waals surface area contributed by atoms with Crippen LogP contribution in [0.2, 0.25) is 5.28 Å². The van der Waals surface area contributed by atoms with Crippen molar-refractivity contribution in [2.75, 3.05) is 11.9 Å². The zero-order chi connectivity index (χ0) is 21.5. The number of benzene rings is 1. The topological polar surface area (TPSA) is 115 Å². The van der Waals surface area contributed by atoms with Gasteiger partial charge in [-0.05, 0) is 64.7 Å². The summed E-state index contributed by atoms with van der Waals surface area (Å²) in [5.74, 6) is 0.481. The number of aromatic nitrogens is 4. The molecule has 1 saturated carbocycles. The molecule has 1 aliphatic carbocycles. The second-order valence-corrected chi connectivity index (χ2v) is 9.31. The number of fused-ring (bicyclic) bond motifs is 1. The van der Waals surface area contributed by atoms with Crippen molar-refractivity contribution in [3.8, 4) is 0 Å². The van der Waals surface area contributed by atoms with E-state index in [0.29, 0.717) is 23.5 Å². The maximum absolute atomic E-state index is 10.6. The molecule has 1 saturated heterocycles. The minimum absolute atomic E-state index is 0.0426. The molecule has 5 rings (SSSR count). The van der Waals surface area contributed by atoms with Crippen molar-refractivity contribution < 1.29 is 19.7 Å². The third-order valence-corrected chi connectivity index (χ3v) is 6.22. The molecule has 3 N–H and O–H groups in total. The molecule has 0 unspecified atom stereocenters. The molecule has 4 atom stereocenters. The number of hydrogen-bond acceptors (Lipinski definition) is 8. The largest absolute Gasteiger partial charge is 0.387 e. The molecule has 0 radical (unpaired) electrons. The number of halogens is 2. The van der Waals surface area contributed by atoms with Crippen LogP contribution in [0.5, 0.6) is 0 Å². The number of hydrogen-bond donors (Lipinski definition) is 3. The zero-order valence-electron chi connectivity index (χ0n) is 16.4. The van der Waals surface area contributed by atoms with Crippen molar-refractivity contribution in [1.29, 1.82) is 0 Å². The molecule has 2 aliphatic rings. The van der Waals surface area contributed by atoms with E-state index < -0.39 is 24.5 Å². The average Bonchev–Trinajstić information content (AvgIpc) is 3.42. The second kappa shape index (κ2) is 8.75. The highest BCUT2D eigenvalue weighted by Gasteiger charge is 2.45. The molecule has 3 aromatic rings. The van der Waals surface area contributed by atoms with Gasteiger partial charge in [0.05, 0.1) is 19.0 Å². The van der Waals surface area contributed by atoms with Crippen molar-refractivity contribution in [2.24, 2.45) is 0 Å². The molecule has 1 aliphatic heterocycles. The fourth-order valence-electron chi connectivity index (χ4n) is 3.59. The van der Waals surface area contributed by atoms with E-state index in [0.717, 1.165) is 22.0 Å². The van der Waals surface area contributed by atoms with Gasteiger partial charge in [0.25, 0.3) is 0 Å². The summed E-state index contributed by atoms with van der Waals surface area (Å²) in [4.78, 5) is 13.0. The molecule has 31 heavy (non-hydrogen) atoms. The Labute approximate surface area is 196 Å². The Morgan fingerprint density at radius 1 is 1.26 bits per heavy atom. The van der Waals surface area contributed by atoms with Gasteiger partial charge in [0.2, 0.25) is 5.28 Å². The monoisotopic (exact) mass is 557 g/mol. The summed E-state index contributed by atoms with van der Waals surface area (Å²) in [6, 6.07) is 8.10. The Morgan fingerprint density at radius 3 is 2.87 bits per heavy atom. The first-order valence-electron chi connectivity index (χ1n) is 10.0. The Hall–Kier alpha value is -1.57. The molecule has 0 bridgehead atoms. The van der Waals surface area contributed by atoms with Crippen LogP contribution in [0.3, 0.4) is 0 Å². The van der Waals surface area contributed by atoms with Gasteiger partial charge in [0.15, 0.2) is 23.2 Å². The van der Waals surface area contributed by atoms with Gasteiger partial charge in [0, 0.05) is 10.1 Å². The zero-order valence-corrected chi connectivity index (χ0v) is 19.3. The van der Waals surface area contributed by atoms with Crippen molar-refractivity contribution in [3.63, 3.8) is 0 Å². The van der Waals surface area contributed by atoms with Gasteiger partial charge < -0.3 is 25.0 Å². The van der Waals surface area contributed by atoms with Crippen molar-refractivity contribution in [1.82, 2.24) is 19.5 Å². The third kappa shape index (κ3) is 4.50. The highest BCUT2D eigenvalue weighted by Crippen LogP contribution is 2.34. The van der Waals surface area contributed by atoms with Crippen LogP contribution in [-0.4, -0.2) is 60.8 Å². The second-order valence-electron chi connectivity index (χ2n) is 7.73. The number of aliphatic hydroxyl groups excluding tert-OH is 2. The first kappa shape index (κ1) is 21.3. The van der Waals surface area contributed by atoms with Crippen molar-refractivity contribution >= 4 is 51.2 Å². The molecule has 0 amide bonds. The summed E-state index contributed by atoms with van der Waals surface area (Å²) in [7, 11) is 0. The quantitative estimate of drug-likeness (QED) is 0.300. The number of imidazole rings is 1. The van der Waals surface area contributed by atoms with Gasteiger partial charge >= 0.3 is 0 Å². The van der Waals surface area contributed by atoms with Gasteiger partial charge in [-0.15, -0.1) is 0 Å². The number of nitrogens with one attached hydrogen (secondary N) is 1. The van der Waals surface area contributed by atoms with Gasteiger partial charge in [-0.1, -0.05) is 12.1 Å². The first-order valence-corrected chi connectivity index (χ1v) is 11.5. The minimum atomic E-state index is -1.15. The van der Waals surface area contributed by atoms with E-state index in [1.165, 1.54) is 6.33 Å². The van der Waals surface area contributed by atoms with Gasteiger partial charge in [-0.3, -0.25) is 4.57 Å². The van der Waals surface area contributed by atoms with E-state index in [2.05, 4.69) is 48.9 Å². The fourth-order valence-corrected chi connectivity index (χ4v) is 4.37. The summed E-state index contributed by atoms with van der Waals surface area (Å²) in [6.07, 6.45) is 0.0722. The number of nitrogens with zero attached hydrogens (tertiary/aromatic N) is 4. The lowest BCUT2D eigenvalue weighted by Crippen LogP contribution is -2.34. The smallest absolute Gasteiger partial charge is 0.226 e. The van der Waals surface area contributed by atoms with Crippen LogP contribution in [0.15, 0.2) is 30.6 Å². The lowest BCUT2D eigenvalue weighted by atomic mass is 10.1. The molecule has 0 spiro atoms. The van der Waals surface area contributed by atoms with E-state index in [9.17, 15) is 10.2 Å². The lowest BCUT2D eigenvalue weighted by Gasteiger charge is -2.17. The number of anilines is 1. The standard InChI is InChI=1S/C20H21ClIN5O4/c21-20-25-17(23-7-10-2-1-3-11(22)6-10)14-18(26-20)27(9-24-14)19-16(29)15(28)13(31-19)8-30-12-4-5-12/h1-3,6,9,12-13,15-16,19,28-29H,4-5,7-8H2,(H,23,25,26)/t13-,15-,16-,19-/m1/s1. The van der Waals surface area contributed by atoms with Crippen LogP contribution in [0.4, 0.5) is 5.82 Å². The Balaban J connectivity index is 1.38. The highest BCUT2D eigenvalue weighted by molar-refractivity contribution is 14.1. The molecule has 164 valence electrons. The van der Waals surface area contributed by atoms with E-state index in [4.69, 9.17) is 21.1 Å². The molecular formula is C20H21ClIN5O4. The van der Waals surface area contributed by atoms with Gasteiger partial charge in [-0.2, -0.15) is 9.97 Å². The maximum atomic E-state index is 10.6.